The molecule has 1 saturated heterocycles. The maximum Gasteiger partial charge on any atom is 0.163 e. The molecule has 1 atom stereocenters. The molecule has 2 heteroatoms. The molecule has 1 aliphatic heterocycles. The Morgan fingerprint density at radius 3 is 2.45 bits per heavy atom. The van der Waals surface area contributed by atoms with E-state index in [1.54, 1.807) is 0 Å². The Hall–Kier alpha value is -0.0800. The summed E-state index contributed by atoms with van der Waals surface area (Å²) in [4.78, 5) is 0. The second kappa shape index (κ2) is 3.11. The summed E-state index contributed by atoms with van der Waals surface area (Å²) in [6.07, 6.45) is 1.41. The van der Waals surface area contributed by atoms with Gasteiger partial charge in [-0.2, -0.15) is 0 Å². The summed E-state index contributed by atoms with van der Waals surface area (Å²) >= 11 is 0. The van der Waals surface area contributed by atoms with Gasteiger partial charge in [-0.15, -0.1) is 0 Å². The summed E-state index contributed by atoms with van der Waals surface area (Å²) in [6.45, 7) is 9.09. The fourth-order valence-electron chi connectivity index (χ4n) is 1.40. The Labute approximate surface area is 68.9 Å². The van der Waals surface area contributed by atoms with Crippen LogP contribution in [0.1, 0.15) is 34.1 Å². The number of hydrogen-bond acceptors (Lipinski definition) is 2. The predicted octanol–water partition coefficient (Wildman–Crippen LogP) is 2.18. The van der Waals surface area contributed by atoms with Gasteiger partial charge < -0.3 is 9.47 Å². The molecule has 0 aromatic carbocycles. The van der Waals surface area contributed by atoms with E-state index < -0.39 is 0 Å². The van der Waals surface area contributed by atoms with Crippen molar-refractivity contribution in [3.63, 3.8) is 0 Å². The summed E-state index contributed by atoms with van der Waals surface area (Å²) in [5.41, 5.74) is 0. The Kier molecular flexibility index (Phi) is 2.55. The molecule has 0 saturated carbocycles. The molecule has 1 rings (SSSR count). The van der Waals surface area contributed by atoms with Crippen LogP contribution in [0.4, 0.5) is 0 Å². The van der Waals surface area contributed by atoms with E-state index in [1.807, 2.05) is 13.8 Å². The average Bonchev–Trinajstić information content (AvgIpc) is 2.08. The second-order valence-corrected chi connectivity index (χ2v) is 4.08. The van der Waals surface area contributed by atoms with Gasteiger partial charge in [-0.25, -0.2) is 0 Å². The van der Waals surface area contributed by atoms with Crippen LogP contribution in [-0.4, -0.2) is 18.5 Å². The van der Waals surface area contributed by atoms with Crippen molar-refractivity contribution in [2.75, 3.05) is 6.61 Å². The smallest absolute Gasteiger partial charge is 0.163 e. The Bertz CT molecular complexity index is 130. The van der Waals surface area contributed by atoms with Gasteiger partial charge in [0.25, 0.3) is 0 Å². The van der Waals surface area contributed by atoms with E-state index in [1.165, 1.54) is 0 Å². The van der Waals surface area contributed by atoms with Crippen molar-refractivity contribution < 1.29 is 9.47 Å². The lowest BCUT2D eigenvalue weighted by atomic mass is 10.1. The van der Waals surface area contributed by atoms with Crippen molar-refractivity contribution in [1.29, 1.82) is 0 Å². The summed E-state index contributed by atoms with van der Waals surface area (Å²) < 4.78 is 11.1. The molecule has 1 fully saturated rings. The Morgan fingerprint density at radius 1 is 1.45 bits per heavy atom. The maximum atomic E-state index is 5.64. The van der Waals surface area contributed by atoms with Gasteiger partial charge in [0.2, 0.25) is 0 Å². The van der Waals surface area contributed by atoms with Crippen LogP contribution in [0.15, 0.2) is 0 Å². The summed E-state index contributed by atoms with van der Waals surface area (Å²) in [7, 11) is 0. The van der Waals surface area contributed by atoms with Crippen molar-refractivity contribution in [3.8, 4) is 0 Å². The monoisotopic (exact) mass is 158 g/mol. The predicted molar refractivity (Wildman–Crippen MR) is 44.4 cm³/mol. The first-order chi connectivity index (χ1) is 4.99. The summed E-state index contributed by atoms with van der Waals surface area (Å²) in [5.74, 6) is 0.344. The molecule has 0 aromatic heterocycles. The third-order valence-electron chi connectivity index (χ3n) is 1.80. The molecule has 0 amide bonds. The molecule has 0 spiro atoms. The highest BCUT2D eigenvalue weighted by molar-refractivity contribution is 4.71. The van der Waals surface area contributed by atoms with E-state index >= 15 is 0 Å². The van der Waals surface area contributed by atoms with Gasteiger partial charge in [-0.1, -0.05) is 13.8 Å². The molecule has 0 radical (unpaired) electrons. The van der Waals surface area contributed by atoms with Gasteiger partial charge in [-0.3, -0.25) is 0 Å². The van der Waals surface area contributed by atoms with Crippen molar-refractivity contribution in [1.82, 2.24) is 0 Å². The molecule has 0 aliphatic carbocycles. The first-order valence-electron chi connectivity index (χ1n) is 4.31. The first kappa shape index (κ1) is 9.01. The second-order valence-electron chi connectivity index (χ2n) is 4.08. The maximum absolute atomic E-state index is 5.64. The quantitative estimate of drug-likeness (QED) is 0.613. The minimum atomic E-state index is -0.348. The molecule has 1 aliphatic rings. The molecule has 11 heavy (non-hydrogen) atoms. The van der Waals surface area contributed by atoms with Crippen LogP contribution >= 0.6 is 0 Å². The van der Waals surface area contributed by atoms with Gasteiger partial charge in [0.1, 0.15) is 0 Å². The van der Waals surface area contributed by atoms with Crippen molar-refractivity contribution in [2.24, 2.45) is 5.92 Å². The molecule has 1 heterocycles. The van der Waals surface area contributed by atoms with Crippen molar-refractivity contribution in [3.05, 3.63) is 0 Å². The minimum absolute atomic E-state index is 0.310. The molecule has 66 valence electrons. The molecule has 0 aromatic rings. The van der Waals surface area contributed by atoms with Crippen LogP contribution in [0.2, 0.25) is 0 Å². The van der Waals surface area contributed by atoms with Crippen LogP contribution in [0.5, 0.6) is 0 Å². The highest BCUT2D eigenvalue weighted by Gasteiger charge is 2.32. The highest BCUT2D eigenvalue weighted by atomic mass is 16.7. The van der Waals surface area contributed by atoms with Crippen molar-refractivity contribution >= 4 is 0 Å². The molecule has 2 nitrogen and oxygen atoms in total. The molecule has 0 N–H and O–H groups in total. The topological polar surface area (TPSA) is 18.5 Å². The Morgan fingerprint density at radius 2 is 2.09 bits per heavy atom. The number of ether oxygens (including phenoxy) is 2. The molecular formula is C9H18O2. The summed E-state index contributed by atoms with van der Waals surface area (Å²) in [6, 6.07) is 0. The average molecular weight is 158 g/mol. The van der Waals surface area contributed by atoms with Gasteiger partial charge >= 0.3 is 0 Å². The van der Waals surface area contributed by atoms with E-state index in [0.717, 1.165) is 13.0 Å². The van der Waals surface area contributed by atoms with Crippen LogP contribution < -0.4 is 0 Å². The standard InChI is InChI=1S/C9H18O2/c1-7(2)5-8-6-10-9(3,4)11-8/h7-8H,5-6H2,1-4H3/t8-/m1/s1. The van der Waals surface area contributed by atoms with Crippen molar-refractivity contribution in [2.45, 2.75) is 46.0 Å². The van der Waals surface area contributed by atoms with E-state index in [2.05, 4.69) is 13.8 Å². The normalized spacial score (nSPS) is 29.7. The van der Waals surface area contributed by atoms with Crippen LogP contribution in [-0.2, 0) is 9.47 Å². The van der Waals surface area contributed by atoms with E-state index in [4.69, 9.17) is 9.47 Å². The van der Waals surface area contributed by atoms with Gasteiger partial charge in [0.15, 0.2) is 5.79 Å². The van der Waals surface area contributed by atoms with E-state index in [0.29, 0.717) is 12.0 Å². The fraction of sp³-hybridized carbons (Fsp3) is 1.00. The molecular weight excluding hydrogens is 140 g/mol. The first-order valence-corrected chi connectivity index (χ1v) is 4.31. The minimum Gasteiger partial charge on any atom is -0.348 e. The lowest BCUT2D eigenvalue weighted by Crippen LogP contribution is -2.22. The van der Waals surface area contributed by atoms with E-state index in [-0.39, 0.29) is 5.79 Å². The lowest BCUT2D eigenvalue weighted by Gasteiger charge is -2.17. The zero-order valence-corrected chi connectivity index (χ0v) is 7.89. The fourth-order valence-corrected chi connectivity index (χ4v) is 1.40. The third-order valence-corrected chi connectivity index (χ3v) is 1.80. The molecule has 0 bridgehead atoms. The summed E-state index contributed by atoms with van der Waals surface area (Å²) in [5, 5.41) is 0. The van der Waals surface area contributed by atoms with E-state index in [9.17, 15) is 0 Å². The van der Waals surface area contributed by atoms with Gasteiger partial charge in [0.05, 0.1) is 12.7 Å². The van der Waals surface area contributed by atoms with Gasteiger partial charge in [-0.05, 0) is 26.2 Å². The Balaban J connectivity index is 2.31. The lowest BCUT2D eigenvalue weighted by molar-refractivity contribution is -0.139. The number of rotatable bonds is 2. The van der Waals surface area contributed by atoms with Crippen LogP contribution in [0, 0.1) is 5.92 Å². The zero-order chi connectivity index (χ0) is 8.48. The number of hydrogen-bond donors (Lipinski definition) is 0. The highest BCUT2D eigenvalue weighted by Crippen LogP contribution is 2.25. The zero-order valence-electron chi connectivity index (χ0n) is 7.89. The third kappa shape index (κ3) is 2.80. The van der Waals surface area contributed by atoms with Crippen LogP contribution in [0.25, 0.3) is 0 Å². The van der Waals surface area contributed by atoms with Crippen LogP contribution in [0.3, 0.4) is 0 Å². The molecule has 0 unspecified atom stereocenters. The largest absolute Gasteiger partial charge is 0.348 e. The van der Waals surface area contributed by atoms with Gasteiger partial charge in [0, 0.05) is 0 Å². The SMILES string of the molecule is CC(C)C[C@@H]1COC(C)(C)O1.